The lowest BCUT2D eigenvalue weighted by molar-refractivity contribution is -0.384. The first-order chi connectivity index (χ1) is 8.01. The van der Waals surface area contributed by atoms with Gasteiger partial charge in [0, 0.05) is 0 Å². The smallest absolute Gasteiger partial charge is 0.258 e. The van der Waals surface area contributed by atoms with Crippen LogP contribution in [-0.4, -0.2) is 22.5 Å². The number of nitro groups is 1. The van der Waals surface area contributed by atoms with Crippen molar-refractivity contribution in [2.45, 2.75) is 4.90 Å². The molecule has 1 heterocycles. The highest BCUT2D eigenvalue weighted by Crippen LogP contribution is 2.15. The lowest BCUT2D eigenvalue weighted by Crippen LogP contribution is -2.13. The van der Waals surface area contributed by atoms with Crippen molar-refractivity contribution < 1.29 is 13.3 Å². The second kappa shape index (κ2) is 3.98. The number of aromatic nitrogens is 2. The van der Waals surface area contributed by atoms with Crippen LogP contribution in [0.1, 0.15) is 0 Å². The van der Waals surface area contributed by atoms with Crippen LogP contribution in [0.15, 0.2) is 47.6 Å². The van der Waals surface area contributed by atoms with Crippen LogP contribution < -0.4 is 0 Å². The average molecular weight is 253 g/mol. The third kappa shape index (κ3) is 2.02. The summed E-state index contributed by atoms with van der Waals surface area (Å²) in [4.78, 5) is 9.76. The van der Waals surface area contributed by atoms with Gasteiger partial charge in [0.05, 0.1) is 9.82 Å². The van der Waals surface area contributed by atoms with Crippen molar-refractivity contribution >= 4 is 15.7 Å². The Morgan fingerprint density at radius 3 is 2.41 bits per heavy atom. The number of rotatable bonds is 3. The predicted molar refractivity (Wildman–Crippen MR) is 57.9 cm³/mol. The monoisotopic (exact) mass is 253 g/mol. The molecule has 2 aromatic rings. The third-order valence-electron chi connectivity index (χ3n) is 2.04. The highest BCUT2D eigenvalue weighted by atomic mass is 32.2. The van der Waals surface area contributed by atoms with Gasteiger partial charge in [0.2, 0.25) is 0 Å². The number of hydrogen-bond acceptors (Lipinski definition) is 5. The first kappa shape index (κ1) is 11.3. The van der Waals surface area contributed by atoms with Gasteiger partial charge >= 0.3 is 5.69 Å². The quantitative estimate of drug-likeness (QED) is 0.601. The molecule has 0 saturated heterocycles. The van der Waals surface area contributed by atoms with Gasteiger partial charge in [0.1, 0.15) is 12.4 Å². The van der Waals surface area contributed by atoms with Gasteiger partial charge in [0.15, 0.2) is 0 Å². The highest BCUT2D eigenvalue weighted by molar-refractivity contribution is 7.89. The van der Waals surface area contributed by atoms with Gasteiger partial charge in [-0.05, 0) is 12.1 Å². The fourth-order valence-corrected chi connectivity index (χ4v) is 2.36. The van der Waals surface area contributed by atoms with Crippen molar-refractivity contribution in [3.63, 3.8) is 0 Å². The van der Waals surface area contributed by atoms with Crippen molar-refractivity contribution in [2.75, 3.05) is 0 Å². The van der Waals surface area contributed by atoms with E-state index in [2.05, 4.69) is 5.10 Å². The van der Waals surface area contributed by atoms with Crippen molar-refractivity contribution in [2.24, 2.45) is 0 Å². The van der Waals surface area contributed by atoms with Crippen molar-refractivity contribution in [3.05, 3.63) is 52.8 Å². The molecule has 0 atom stereocenters. The molecular weight excluding hydrogens is 246 g/mol. The molecule has 8 heteroatoms. The van der Waals surface area contributed by atoms with Crippen molar-refractivity contribution in [1.82, 2.24) is 9.19 Å². The van der Waals surface area contributed by atoms with Crippen molar-refractivity contribution in [3.8, 4) is 0 Å². The molecule has 0 spiro atoms. The molecule has 17 heavy (non-hydrogen) atoms. The predicted octanol–water partition coefficient (Wildman–Crippen LogP) is 1.03. The van der Waals surface area contributed by atoms with Crippen LogP contribution in [-0.2, 0) is 10.0 Å². The average Bonchev–Trinajstić information content (AvgIpc) is 2.80. The summed E-state index contributed by atoms with van der Waals surface area (Å²) in [6.07, 6.45) is 1.75. The van der Waals surface area contributed by atoms with E-state index in [4.69, 9.17) is 0 Å². The van der Waals surface area contributed by atoms with Crippen LogP contribution in [0.25, 0.3) is 0 Å². The minimum atomic E-state index is -3.85. The van der Waals surface area contributed by atoms with E-state index in [0.717, 1.165) is 12.4 Å². The van der Waals surface area contributed by atoms with E-state index in [0.29, 0.717) is 4.09 Å². The van der Waals surface area contributed by atoms with Gasteiger partial charge in [-0.1, -0.05) is 18.2 Å². The Kier molecular flexibility index (Phi) is 2.64. The van der Waals surface area contributed by atoms with E-state index in [-0.39, 0.29) is 10.6 Å². The number of hydrogen-bond donors (Lipinski definition) is 0. The van der Waals surface area contributed by atoms with E-state index in [1.165, 1.54) is 12.1 Å². The van der Waals surface area contributed by atoms with Crippen LogP contribution in [0.2, 0.25) is 0 Å². The topological polar surface area (TPSA) is 95.1 Å². The molecule has 1 aromatic carbocycles. The van der Waals surface area contributed by atoms with Gasteiger partial charge in [-0.25, -0.2) is 0 Å². The zero-order valence-electron chi connectivity index (χ0n) is 8.42. The van der Waals surface area contributed by atoms with Crippen LogP contribution in [0, 0.1) is 10.1 Å². The fraction of sp³-hybridized carbons (Fsp3) is 0. The molecule has 2 rings (SSSR count). The molecule has 0 aliphatic carbocycles. The largest absolute Gasteiger partial charge is 0.308 e. The van der Waals surface area contributed by atoms with Crippen molar-refractivity contribution in [1.29, 1.82) is 0 Å². The Labute approximate surface area is 96.5 Å². The summed E-state index contributed by atoms with van der Waals surface area (Å²) in [5.41, 5.74) is -0.371. The Balaban J connectivity index is 2.49. The summed E-state index contributed by atoms with van der Waals surface area (Å²) < 4.78 is 24.5. The first-order valence-corrected chi connectivity index (χ1v) is 5.95. The van der Waals surface area contributed by atoms with Gasteiger partial charge in [-0.2, -0.15) is 17.6 Å². The van der Waals surface area contributed by atoms with E-state index >= 15 is 0 Å². The Morgan fingerprint density at radius 2 is 1.88 bits per heavy atom. The molecule has 88 valence electrons. The van der Waals surface area contributed by atoms with Gasteiger partial charge in [0.25, 0.3) is 10.0 Å². The molecule has 0 aliphatic rings. The van der Waals surface area contributed by atoms with E-state index in [9.17, 15) is 18.5 Å². The van der Waals surface area contributed by atoms with Crippen LogP contribution in [0.3, 0.4) is 0 Å². The second-order valence-electron chi connectivity index (χ2n) is 3.15. The first-order valence-electron chi connectivity index (χ1n) is 4.51. The highest BCUT2D eigenvalue weighted by Gasteiger charge is 2.20. The second-order valence-corrected chi connectivity index (χ2v) is 4.94. The standard InChI is InChI=1S/C9H7N3O4S/c13-12(14)8-6-10-11(7-8)17(15,16)9-4-2-1-3-5-9/h1-7H. The molecule has 0 radical (unpaired) electrons. The maximum absolute atomic E-state index is 11.9. The van der Waals surface area contributed by atoms with Crippen LogP contribution in [0.4, 0.5) is 5.69 Å². The minimum Gasteiger partial charge on any atom is -0.258 e. The molecule has 0 bridgehead atoms. The minimum absolute atomic E-state index is 0.0259. The zero-order valence-corrected chi connectivity index (χ0v) is 9.24. The molecule has 0 amide bonds. The Morgan fingerprint density at radius 1 is 1.24 bits per heavy atom. The summed E-state index contributed by atoms with van der Waals surface area (Å²) in [5.74, 6) is 0. The molecule has 0 saturated carbocycles. The maximum atomic E-state index is 11.9. The summed E-state index contributed by atoms with van der Waals surface area (Å²) >= 11 is 0. The molecular formula is C9H7N3O4S. The SMILES string of the molecule is O=[N+]([O-])c1cnn(S(=O)(=O)c2ccccc2)c1. The summed E-state index contributed by atoms with van der Waals surface area (Å²) in [5, 5.41) is 13.9. The van der Waals surface area contributed by atoms with Gasteiger partial charge in [-0.3, -0.25) is 10.1 Å². The number of nitrogens with zero attached hydrogens (tertiary/aromatic N) is 3. The van der Waals surface area contributed by atoms with E-state index in [1.54, 1.807) is 18.2 Å². The van der Waals surface area contributed by atoms with Crippen LogP contribution in [0.5, 0.6) is 0 Å². The normalized spacial score (nSPS) is 11.3. The van der Waals surface area contributed by atoms with Gasteiger partial charge in [-0.15, -0.1) is 0 Å². The third-order valence-corrected chi connectivity index (χ3v) is 3.60. The number of benzene rings is 1. The Hall–Kier alpha value is -2.22. The molecule has 0 N–H and O–H groups in total. The maximum Gasteiger partial charge on any atom is 0.308 e. The molecule has 7 nitrogen and oxygen atoms in total. The molecule has 0 unspecified atom stereocenters. The molecule has 1 aromatic heterocycles. The molecule has 0 aliphatic heterocycles. The molecule has 0 fully saturated rings. The van der Waals surface area contributed by atoms with Gasteiger partial charge < -0.3 is 0 Å². The lowest BCUT2D eigenvalue weighted by Gasteiger charge is -2.02. The summed E-state index contributed by atoms with van der Waals surface area (Å²) in [6.45, 7) is 0. The summed E-state index contributed by atoms with van der Waals surface area (Å²) in [6, 6.07) is 7.58. The van der Waals surface area contributed by atoms with E-state index in [1.807, 2.05) is 0 Å². The summed E-state index contributed by atoms with van der Waals surface area (Å²) in [7, 11) is -3.85. The lowest BCUT2D eigenvalue weighted by atomic mass is 10.4. The fourth-order valence-electron chi connectivity index (χ4n) is 1.22. The zero-order chi connectivity index (χ0) is 12.5. The van der Waals surface area contributed by atoms with E-state index < -0.39 is 14.9 Å². The van der Waals surface area contributed by atoms with Crippen LogP contribution >= 0.6 is 0 Å². The Bertz CT molecular complexity index is 648.